The van der Waals surface area contributed by atoms with Crippen molar-refractivity contribution in [1.29, 1.82) is 0 Å². The third-order valence-electron chi connectivity index (χ3n) is 5.00. The van der Waals surface area contributed by atoms with Crippen LogP contribution in [0, 0.1) is 0 Å². The number of benzene rings is 1. The van der Waals surface area contributed by atoms with Gasteiger partial charge in [-0.1, -0.05) is 12.1 Å². The van der Waals surface area contributed by atoms with Crippen molar-refractivity contribution in [2.24, 2.45) is 0 Å². The number of amides is 2. The van der Waals surface area contributed by atoms with Gasteiger partial charge in [0.05, 0.1) is 4.88 Å². The van der Waals surface area contributed by atoms with Crippen molar-refractivity contribution in [3.8, 4) is 0 Å². The SMILES string of the molecule is O=C(Nc1ccc2oc(C(=O)N3CC(c4ccccn4)C3)cc2c1)c1cccs1. The molecule has 7 heteroatoms. The van der Waals surface area contributed by atoms with E-state index in [2.05, 4.69) is 10.3 Å². The van der Waals surface area contributed by atoms with Gasteiger partial charge in [-0.25, -0.2) is 0 Å². The zero-order chi connectivity index (χ0) is 19.8. The maximum Gasteiger partial charge on any atom is 0.289 e. The average molecular weight is 403 g/mol. The maximum absolute atomic E-state index is 12.7. The lowest BCUT2D eigenvalue weighted by atomic mass is 9.95. The largest absolute Gasteiger partial charge is 0.451 e. The Labute approximate surface area is 170 Å². The molecule has 0 atom stereocenters. The van der Waals surface area contributed by atoms with Crippen molar-refractivity contribution in [2.75, 3.05) is 18.4 Å². The third kappa shape index (κ3) is 3.40. The van der Waals surface area contributed by atoms with E-state index in [-0.39, 0.29) is 17.7 Å². The van der Waals surface area contributed by atoms with E-state index >= 15 is 0 Å². The molecule has 3 aromatic heterocycles. The minimum atomic E-state index is -0.153. The van der Waals surface area contributed by atoms with Gasteiger partial charge in [0, 0.05) is 42.0 Å². The first-order valence-electron chi connectivity index (χ1n) is 9.26. The molecule has 6 nitrogen and oxygen atoms in total. The lowest BCUT2D eigenvalue weighted by Crippen LogP contribution is -2.48. The summed E-state index contributed by atoms with van der Waals surface area (Å²) in [5.41, 5.74) is 2.28. The Morgan fingerprint density at radius 3 is 2.76 bits per heavy atom. The molecule has 1 fully saturated rings. The summed E-state index contributed by atoms with van der Waals surface area (Å²) in [5.74, 6) is 0.294. The van der Waals surface area contributed by atoms with Crippen LogP contribution < -0.4 is 5.32 Å². The molecule has 1 aromatic carbocycles. The number of pyridine rings is 1. The average Bonchev–Trinajstić information content (AvgIpc) is 3.37. The minimum Gasteiger partial charge on any atom is -0.451 e. The second kappa shape index (κ2) is 7.18. The summed E-state index contributed by atoms with van der Waals surface area (Å²) in [5, 5.41) is 5.51. The highest BCUT2D eigenvalue weighted by atomic mass is 32.1. The van der Waals surface area contributed by atoms with Crippen molar-refractivity contribution >= 4 is 39.8 Å². The Morgan fingerprint density at radius 1 is 1.10 bits per heavy atom. The topological polar surface area (TPSA) is 75.4 Å². The van der Waals surface area contributed by atoms with Crippen LogP contribution in [0.4, 0.5) is 5.69 Å². The van der Waals surface area contributed by atoms with Crippen LogP contribution in [0.25, 0.3) is 11.0 Å². The highest BCUT2D eigenvalue weighted by molar-refractivity contribution is 7.12. The summed E-state index contributed by atoms with van der Waals surface area (Å²) in [6.07, 6.45) is 1.77. The zero-order valence-corrected chi connectivity index (χ0v) is 16.2. The lowest BCUT2D eigenvalue weighted by Gasteiger charge is -2.38. The normalized spacial score (nSPS) is 14.0. The third-order valence-corrected chi connectivity index (χ3v) is 5.87. The number of hydrogen-bond donors (Lipinski definition) is 1. The Morgan fingerprint density at radius 2 is 2.00 bits per heavy atom. The monoisotopic (exact) mass is 403 g/mol. The molecule has 0 bridgehead atoms. The van der Waals surface area contributed by atoms with Crippen LogP contribution >= 0.6 is 11.3 Å². The Hall–Kier alpha value is -3.45. The van der Waals surface area contributed by atoms with Gasteiger partial charge in [0.2, 0.25) is 0 Å². The standard InChI is InChI=1S/C22H17N3O3S/c26-21(20-5-3-9-29-20)24-16-6-7-18-14(10-16)11-19(28-18)22(27)25-12-15(13-25)17-4-1-2-8-23-17/h1-11,15H,12-13H2,(H,24,26). The fraction of sp³-hybridized carbons (Fsp3) is 0.136. The summed E-state index contributed by atoms with van der Waals surface area (Å²) in [4.78, 5) is 31.7. The summed E-state index contributed by atoms with van der Waals surface area (Å²) in [6, 6.07) is 16.5. The number of carbonyl (C=O) groups is 2. The van der Waals surface area contributed by atoms with E-state index in [0.717, 1.165) is 11.1 Å². The first-order chi connectivity index (χ1) is 14.2. The number of aromatic nitrogens is 1. The quantitative estimate of drug-likeness (QED) is 0.549. The molecule has 4 aromatic rings. The number of nitrogens with one attached hydrogen (secondary N) is 1. The minimum absolute atomic E-state index is 0.127. The van der Waals surface area contributed by atoms with E-state index in [0.29, 0.717) is 35.0 Å². The molecular formula is C22H17N3O3S. The van der Waals surface area contributed by atoms with Gasteiger partial charge >= 0.3 is 0 Å². The Bertz CT molecular complexity index is 1180. The van der Waals surface area contributed by atoms with Gasteiger partial charge in [-0.15, -0.1) is 11.3 Å². The molecule has 0 aliphatic carbocycles. The highest BCUT2D eigenvalue weighted by Crippen LogP contribution is 2.29. The summed E-state index contributed by atoms with van der Waals surface area (Å²) in [6.45, 7) is 1.27. The van der Waals surface area contributed by atoms with Gasteiger partial charge in [0.25, 0.3) is 11.8 Å². The molecule has 5 rings (SSSR count). The number of furan rings is 1. The van der Waals surface area contributed by atoms with Crippen molar-refractivity contribution in [2.45, 2.75) is 5.92 Å². The molecule has 4 heterocycles. The molecule has 144 valence electrons. The van der Waals surface area contributed by atoms with Crippen LogP contribution in [-0.2, 0) is 0 Å². The van der Waals surface area contributed by atoms with E-state index < -0.39 is 0 Å². The van der Waals surface area contributed by atoms with Gasteiger partial charge in [-0.3, -0.25) is 14.6 Å². The first kappa shape index (κ1) is 17.6. The Balaban J connectivity index is 1.29. The van der Waals surface area contributed by atoms with E-state index in [1.54, 1.807) is 35.4 Å². The fourth-order valence-corrected chi connectivity index (χ4v) is 4.05. The van der Waals surface area contributed by atoms with Gasteiger partial charge in [0.1, 0.15) is 5.58 Å². The van der Waals surface area contributed by atoms with E-state index in [4.69, 9.17) is 4.42 Å². The molecule has 1 N–H and O–H groups in total. The van der Waals surface area contributed by atoms with Gasteiger partial charge < -0.3 is 14.6 Å². The molecular weight excluding hydrogens is 386 g/mol. The van der Waals surface area contributed by atoms with Crippen LogP contribution in [0.2, 0.25) is 0 Å². The number of thiophene rings is 1. The second-order valence-electron chi connectivity index (χ2n) is 6.96. The van der Waals surface area contributed by atoms with Crippen molar-refractivity contribution < 1.29 is 14.0 Å². The molecule has 1 aliphatic rings. The van der Waals surface area contributed by atoms with Crippen LogP contribution in [0.5, 0.6) is 0 Å². The lowest BCUT2D eigenvalue weighted by molar-refractivity contribution is 0.0568. The fourth-order valence-electron chi connectivity index (χ4n) is 3.43. The van der Waals surface area contributed by atoms with E-state index in [1.807, 2.05) is 35.7 Å². The Kier molecular flexibility index (Phi) is 4.37. The second-order valence-corrected chi connectivity index (χ2v) is 7.90. The number of likely N-dealkylation sites (tertiary alicyclic amines) is 1. The van der Waals surface area contributed by atoms with E-state index in [9.17, 15) is 9.59 Å². The molecule has 1 saturated heterocycles. The number of rotatable bonds is 4. The number of carbonyl (C=O) groups excluding carboxylic acids is 2. The molecule has 0 saturated carbocycles. The van der Waals surface area contributed by atoms with Crippen LogP contribution in [0.3, 0.4) is 0 Å². The predicted molar refractivity (Wildman–Crippen MR) is 111 cm³/mol. The molecule has 0 radical (unpaired) electrons. The van der Waals surface area contributed by atoms with Crippen LogP contribution in [-0.4, -0.2) is 34.8 Å². The predicted octanol–water partition coefficient (Wildman–Crippen LogP) is 4.38. The van der Waals surface area contributed by atoms with Crippen molar-refractivity contribution in [1.82, 2.24) is 9.88 Å². The van der Waals surface area contributed by atoms with Crippen LogP contribution in [0.1, 0.15) is 31.8 Å². The number of anilines is 1. The van der Waals surface area contributed by atoms with Gasteiger partial charge in [-0.05, 0) is 47.8 Å². The molecule has 0 unspecified atom stereocenters. The van der Waals surface area contributed by atoms with Crippen LogP contribution in [0.15, 0.2) is 70.6 Å². The highest BCUT2D eigenvalue weighted by Gasteiger charge is 2.34. The number of nitrogens with zero attached hydrogens (tertiary/aromatic N) is 2. The summed E-state index contributed by atoms with van der Waals surface area (Å²) < 4.78 is 5.74. The number of fused-ring (bicyclic) bond motifs is 1. The smallest absolute Gasteiger partial charge is 0.289 e. The molecule has 1 aliphatic heterocycles. The summed E-state index contributed by atoms with van der Waals surface area (Å²) >= 11 is 1.39. The molecule has 29 heavy (non-hydrogen) atoms. The van der Waals surface area contributed by atoms with Crippen molar-refractivity contribution in [3.63, 3.8) is 0 Å². The van der Waals surface area contributed by atoms with Gasteiger partial charge in [0.15, 0.2) is 5.76 Å². The van der Waals surface area contributed by atoms with E-state index in [1.165, 1.54) is 11.3 Å². The van der Waals surface area contributed by atoms with Gasteiger partial charge in [-0.2, -0.15) is 0 Å². The zero-order valence-electron chi connectivity index (χ0n) is 15.4. The number of hydrogen-bond acceptors (Lipinski definition) is 5. The maximum atomic E-state index is 12.7. The molecule has 0 spiro atoms. The van der Waals surface area contributed by atoms with Crippen molar-refractivity contribution in [3.05, 3.63) is 82.5 Å². The summed E-state index contributed by atoms with van der Waals surface area (Å²) in [7, 11) is 0. The first-order valence-corrected chi connectivity index (χ1v) is 10.1. The molecule has 2 amide bonds.